The van der Waals surface area contributed by atoms with Crippen LogP contribution in [-0.4, -0.2) is 18.2 Å². The normalized spacial score (nSPS) is 10.9. The Hall–Kier alpha value is -1.02. The molecule has 1 N–H and O–H groups in total. The minimum atomic E-state index is 0.121. The van der Waals surface area contributed by atoms with Crippen molar-refractivity contribution < 1.29 is 5.11 Å². The first kappa shape index (κ1) is 14.0. The van der Waals surface area contributed by atoms with Crippen LogP contribution >= 0.6 is 0 Å². The quantitative estimate of drug-likeness (QED) is 0.782. The second-order valence-corrected chi connectivity index (χ2v) is 4.51. The Balaban J connectivity index is 2.85. The average molecular weight is 235 g/mol. The Bertz CT molecular complexity index is 320. The molecule has 0 heterocycles. The maximum absolute atomic E-state index is 9.38. The van der Waals surface area contributed by atoms with Gasteiger partial charge in [0.05, 0.1) is 6.61 Å². The molecule has 1 aromatic carbocycles. The molecule has 2 heteroatoms. The highest BCUT2D eigenvalue weighted by molar-refractivity contribution is 5.53. The molecule has 0 fully saturated rings. The molecule has 1 aromatic rings. The van der Waals surface area contributed by atoms with Gasteiger partial charge in [0, 0.05) is 24.3 Å². The third-order valence-corrected chi connectivity index (χ3v) is 3.52. The summed E-state index contributed by atoms with van der Waals surface area (Å²) >= 11 is 0. The lowest BCUT2D eigenvalue weighted by Crippen LogP contribution is -2.29. The summed E-state index contributed by atoms with van der Waals surface area (Å²) in [5, 5.41) is 9.38. The van der Waals surface area contributed by atoms with Gasteiger partial charge < -0.3 is 10.0 Å². The summed E-state index contributed by atoms with van der Waals surface area (Å²) in [5.74, 6) is 0.738. The summed E-state index contributed by atoms with van der Waals surface area (Å²) in [7, 11) is 0. The molecule has 96 valence electrons. The van der Waals surface area contributed by atoms with Crippen LogP contribution in [0.15, 0.2) is 24.3 Å². The van der Waals surface area contributed by atoms with Gasteiger partial charge in [0.2, 0.25) is 0 Å². The van der Waals surface area contributed by atoms with E-state index < -0.39 is 0 Å². The van der Waals surface area contributed by atoms with E-state index in [1.807, 2.05) is 18.2 Å². The van der Waals surface area contributed by atoms with E-state index in [-0.39, 0.29) is 6.61 Å². The van der Waals surface area contributed by atoms with Gasteiger partial charge in [-0.1, -0.05) is 44.9 Å². The number of nitrogens with zero attached hydrogens (tertiary/aromatic N) is 1. The minimum absolute atomic E-state index is 0.121. The van der Waals surface area contributed by atoms with Gasteiger partial charge >= 0.3 is 0 Å². The van der Waals surface area contributed by atoms with E-state index in [4.69, 9.17) is 0 Å². The van der Waals surface area contributed by atoms with Gasteiger partial charge in [0.25, 0.3) is 0 Å². The van der Waals surface area contributed by atoms with Gasteiger partial charge in [0.1, 0.15) is 0 Å². The van der Waals surface area contributed by atoms with Crippen LogP contribution < -0.4 is 4.90 Å². The van der Waals surface area contributed by atoms with Crippen LogP contribution in [0, 0.1) is 5.92 Å². The van der Waals surface area contributed by atoms with Crippen molar-refractivity contribution in [1.29, 1.82) is 0 Å². The van der Waals surface area contributed by atoms with Crippen LogP contribution in [0.4, 0.5) is 5.69 Å². The summed E-state index contributed by atoms with van der Waals surface area (Å²) < 4.78 is 0. The van der Waals surface area contributed by atoms with Crippen LogP contribution in [-0.2, 0) is 6.61 Å². The smallest absolute Gasteiger partial charge is 0.0702 e. The second-order valence-electron chi connectivity index (χ2n) is 4.51. The van der Waals surface area contributed by atoms with Gasteiger partial charge in [-0.3, -0.25) is 0 Å². The number of rotatable bonds is 7. The topological polar surface area (TPSA) is 23.5 Å². The molecule has 0 radical (unpaired) electrons. The lowest BCUT2D eigenvalue weighted by Gasteiger charge is -2.29. The van der Waals surface area contributed by atoms with Gasteiger partial charge in [-0.25, -0.2) is 0 Å². The van der Waals surface area contributed by atoms with Crippen molar-refractivity contribution in [1.82, 2.24) is 0 Å². The highest BCUT2D eigenvalue weighted by Crippen LogP contribution is 2.22. The third kappa shape index (κ3) is 3.74. The number of hydrogen-bond acceptors (Lipinski definition) is 2. The van der Waals surface area contributed by atoms with E-state index in [1.54, 1.807) is 0 Å². The van der Waals surface area contributed by atoms with Gasteiger partial charge in [-0.05, 0) is 18.9 Å². The zero-order valence-electron chi connectivity index (χ0n) is 11.3. The SMILES string of the molecule is CCC(CC)CN(CC)c1ccccc1CO. The van der Waals surface area contributed by atoms with Crippen LogP contribution in [0.25, 0.3) is 0 Å². The molecule has 17 heavy (non-hydrogen) atoms. The fourth-order valence-corrected chi connectivity index (χ4v) is 2.21. The zero-order valence-corrected chi connectivity index (χ0v) is 11.3. The molecule has 0 saturated carbocycles. The first-order valence-electron chi connectivity index (χ1n) is 6.70. The Kier molecular flexibility index (Phi) is 6.06. The predicted octanol–water partition coefficient (Wildman–Crippen LogP) is 3.44. The number of aliphatic hydroxyl groups excluding tert-OH is 1. The first-order valence-corrected chi connectivity index (χ1v) is 6.70. The molecule has 0 aliphatic heterocycles. The molecule has 2 nitrogen and oxygen atoms in total. The van der Waals surface area contributed by atoms with E-state index in [0.717, 1.165) is 24.6 Å². The maximum Gasteiger partial charge on any atom is 0.0702 e. The molecule has 1 rings (SSSR count). The number of benzene rings is 1. The van der Waals surface area contributed by atoms with Crippen molar-refractivity contribution in [2.24, 2.45) is 5.92 Å². The molecule has 0 spiro atoms. The Labute approximate surface area is 105 Å². The minimum Gasteiger partial charge on any atom is -0.392 e. The summed E-state index contributed by atoms with van der Waals surface area (Å²) in [5.41, 5.74) is 2.21. The number of para-hydroxylation sites is 1. The van der Waals surface area contributed by atoms with Crippen molar-refractivity contribution in [3.8, 4) is 0 Å². The molecule has 0 bridgehead atoms. The van der Waals surface area contributed by atoms with Crippen LogP contribution in [0.2, 0.25) is 0 Å². The Morgan fingerprint density at radius 2 is 1.76 bits per heavy atom. The third-order valence-electron chi connectivity index (χ3n) is 3.52. The standard InChI is InChI=1S/C15H25NO/c1-4-13(5-2)11-16(6-3)15-10-8-7-9-14(15)12-17/h7-10,13,17H,4-6,11-12H2,1-3H3. The van der Waals surface area contributed by atoms with Crippen molar-refractivity contribution >= 4 is 5.69 Å². The fourth-order valence-electron chi connectivity index (χ4n) is 2.21. The molecular weight excluding hydrogens is 210 g/mol. The Morgan fingerprint density at radius 3 is 2.29 bits per heavy atom. The summed E-state index contributed by atoms with van der Waals surface area (Å²) in [6.07, 6.45) is 2.43. The van der Waals surface area contributed by atoms with E-state index in [0.29, 0.717) is 0 Å². The van der Waals surface area contributed by atoms with Crippen molar-refractivity contribution in [3.05, 3.63) is 29.8 Å². The highest BCUT2D eigenvalue weighted by atomic mass is 16.3. The molecule has 0 aromatic heterocycles. The number of anilines is 1. The molecule has 0 atom stereocenters. The second kappa shape index (κ2) is 7.33. The van der Waals surface area contributed by atoms with Crippen LogP contribution in [0.5, 0.6) is 0 Å². The average Bonchev–Trinajstić information content (AvgIpc) is 2.40. The van der Waals surface area contributed by atoms with Gasteiger partial charge in [-0.15, -0.1) is 0 Å². The van der Waals surface area contributed by atoms with Gasteiger partial charge in [0.15, 0.2) is 0 Å². The lowest BCUT2D eigenvalue weighted by molar-refractivity contribution is 0.282. The summed E-state index contributed by atoms with van der Waals surface area (Å²) in [6.45, 7) is 8.88. The lowest BCUT2D eigenvalue weighted by atomic mass is 10.0. The van der Waals surface area contributed by atoms with E-state index in [9.17, 15) is 5.11 Å². The van der Waals surface area contributed by atoms with Crippen molar-refractivity contribution in [2.75, 3.05) is 18.0 Å². The zero-order chi connectivity index (χ0) is 12.7. The summed E-state index contributed by atoms with van der Waals surface area (Å²) in [4.78, 5) is 2.38. The number of hydrogen-bond donors (Lipinski definition) is 1. The van der Waals surface area contributed by atoms with Crippen LogP contribution in [0.1, 0.15) is 39.2 Å². The highest BCUT2D eigenvalue weighted by Gasteiger charge is 2.12. The number of aliphatic hydroxyl groups is 1. The first-order chi connectivity index (χ1) is 8.26. The molecule has 0 aliphatic rings. The van der Waals surface area contributed by atoms with E-state index in [1.165, 1.54) is 18.5 Å². The molecule has 0 aliphatic carbocycles. The Morgan fingerprint density at radius 1 is 1.12 bits per heavy atom. The largest absolute Gasteiger partial charge is 0.392 e. The van der Waals surface area contributed by atoms with Crippen molar-refractivity contribution in [3.63, 3.8) is 0 Å². The summed E-state index contributed by atoms with van der Waals surface area (Å²) in [6, 6.07) is 8.15. The van der Waals surface area contributed by atoms with E-state index in [2.05, 4.69) is 31.7 Å². The maximum atomic E-state index is 9.38. The predicted molar refractivity (Wildman–Crippen MR) is 74.3 cm³/mol. The van der Waals surface area contributed by atoms with Gasteiger partial charge in [-0.2, -0.15) is 0 Å². The molecule has 0 unspecified atom stereocenters. The monoisotopic (exact) mass is 235 g/mol. The molecule has 0 saturated heterocycles. The fraction of sp³-hybridized carbons (Fsp3) is 0.600. The van der Waals surface area contributed by atoms with Crippen LogP contribution in [0.3, 0.4) is 0 Å². The molecule has 0 amide bonds. The van der Waals surface area contributed by atoms with E-state index >= 15 is 0 Å². The molecular formula is C15H25NO. The van der Waals surface area contributed by atoms with Crippen molar-refractivity contribution in [2.45, 2.75) is 40.2 Å².